The Labute approximate surface area is 108 Å². The van der Waals surface area contributed by atoms with Crippen molar-refractivity contribution in [3.8, 4) is 5.75 Å². The second-order valence-corrected chi connectivity index (χ2v) is 5.57. The van der Waals surface area contributed by atoms with Crippen LogP contribution < -0.4 is 0 Å². The summed E-state index contributed by atoms with van der Waals surface area (Å²) in [6.07, 6.45) is 0.935. The van der Waals surface area contributed by atoms with Crippen molar-refractivity contribution < 1.29 is 5.11 Å². The second kappa shape index (κ2) is 3.90. The minimum Gasteiger partial charge on any atom is -0.508 e. The minimum absolute atomic E-state index is 0.311. The predicted molar refractivity (Wildman–Crippen MR) is 75.4 cm³/mol. The molecule has 3 aromatic rings. The third-order valence-corrected chi connectivity index (χ3v) is 4.47. The van der Waals surface area contributed by atoms with Crippen LogP contribution in [0.1, 0.15) is 12.5 Å². The third kappa shape index (κ3) is 1.68. The normalized spacial score (nSPS) is 11.4. The molecule has 86 valence electrons. The molecule has 0 fully saturated rings. The summed E-state index contributed by atoms with van der Waals surface area (Å²) in [5, 5.41) is 12.7. The largest absolute Gasteiger partial charge is 0.508 e. The number of fused-ring (bicyclic) bond motifs is 3. The van der Waals surface area contributed by atoms with Crippen LogP contribution in [-0.4, -0.2) is 5.11 Å². The van der Waals surface area contributed by atoms with Gasteiger partial charge in [-0.1, -0.05) is 18.5 Å². The number of phenols is 1. The Morgan fingerprint density at radius 2 is 1.88 bits per heavy atom. The highest BCUT2D eigenvalue weighted by atomic mass is 35.5. The highest BCUT2D eigenvalue weighted by molar-refractivity contribution is 7.25. The Balaban J connectivity index is 2.44. The van der Waals surface area contributed by atoms with Crippen LogP contribution >= 0.6 is 22.9 Å². The fourth-order valence-corrected chi connectivity index (χ4v) is 3.62. The molecule has 1 nitrogen and oxygen atoms in total. The van der Waals surface area contributed by atoms with E-state index in [-0.39, 0.29) is 0 Å². The van der Waals surface area contributed by atoms with Crippen LogP contribution in [0.4, 0.5) is 0 Å². The van der Waals surface area contributed by atoms with Crippen molar-refractivity contribution in [1.29, 1.82) is 0 Å². The summed E-state index contributed by atoms with van der Waals surface area (Å²) in [6, 6.07) is 9.69. The first-order valence-corrected chi connectivity index (χ1v) is 6.72. The van der Waals surface area contributed by atoms with Gasteiger partial charge in [0, 0.05) is 25.2 Å². The number of hydrogen-bond acceptors (Lipinski definition) is 2. The Hall–Kier alpha value is -1.25. The lowest BCUT2D eigenvalue weighted by molar-refractivity contribution is 0.476. The molecule has 2 aromatic carbocycles. The lowest BCUT2D eigenvalue weighted by atomic mass is 10.1. The van der Waals surface area contributed by atoms with E-state index < -0.39 is 0 Å². The number of hydrogen-bond donors (Lipinski definition) is 1. The molecule has 0 aliphatic heterocycles. The van der Waals surface area contributed by atoms with Crippen LogP contribution in [0.15, 0.2) is 30.3 Å². The molecule has 17 heavy (non-hydrogen) atoms. The first kappa shape index (κ1) is 10.9. The number of rotatable bonds is 1. The molecular formula is C14H11ClOS. The van der Waals surface area contributed by atoms with Gasteiger partial charge in [-0.25, -0.2) is 0 Å². The summed E-state index contributed by atoms with van der Waals surface area (Å²) in [5.74, 6) is 0.311. The molecule has 0 radical (unpaired) electrons. The molecule has 0 aliphatic carbocycles. The van der Waals surface area contributed by atoms with Gasteiger partial charge in [-0.3, -0.25) is 0 Å². The Morgan fingerprint density at radius 1 is 1.12 bits per heavy atom. The van der Waals surface area contributed by atoms with Gasteiger partial charge in [0.05, 0.1) is 0 Å². The average molecular weight is 263 g/mol. The second-order valence-electron chi connectivity index (χ2n) is 4.08. The van der Waals surface area contributed by atoms with Crippen molar-refractivity contribution in [2.75, 3.05) is 0 Å². The van der Waals surface area contributed by atoms with E-state index >= 15 is 0 Å². The lowest BCUT2D eigenvalue weighted by Crippen LogP contribution is -1.80. The summed E-state index contributed by atoms with van der Waals surface area (Å²) in [6.45, 7) is 2.10. The summed E-state index contributed by atoms with van der Waals surface area (Å²) in [5.41, 5.74) is 1.17. The Kier molecular flexibility index (Phi) is 2.49. The highest BCUT2D eigenvalue weighted by Crippen LogP contribution is 2.38. The number of halogens is 1. The highest BCUT2D eigenvalue weighted by Gasteiger charge is 2.08. The van der Waals surface area contributed by atoms with E-state index in [0.717, 1.165) is 16.1 Å². The first-order chi connectivity index (χ1) is 8.19. The molecular weight excluding hydrogens is 252 g/mol. The van der Waals surface area contributed by atoms with Crippen molar-refractivity contribution in [3.05, 3.63) is 40.9 Å². The monoisotopic (exact) mass is 262 g/mol. The van der Waals surface area contributed by atoms with E-state index in [9.17, 15) is 5.11 Å². The van der Waals surface area contributed by atoms with Gasteiger partial charge < -0.3 is 5.11 Å². The van der Waals surface area contributed by atoms with Crippen molar-refractivity contribution in [3.63, 3.8) is 0 Å². The predicted octanol–water partition coefficient (Wildman–Crippen LogP) is 4.98. The van der Waals surface area contributed by atoms with Crippen LogP contribution in [0.2, 0.25) is 5.02 Å². The fraction of sp³-hybridized carbons (Fsp3) is 0.143. The number of thiophene rings is 1. The molecule has 0 spiro atoms. The molecule has 3 rings (SSSR count). The molecule has 1 aromatic heterocycles. The molecule has 0 bridgehead atoms. The molecule has 1 N–H and O–H groups in total. The summed E-state index contributed by atoms with van der Waals surface area (Å²) in [4.78, 5) is 0. The van der Waals surface area contributed by atoms with E-state index in [0.29, 0.717) is 5.75 Å². The van der Waals surface area contributed by atoms with Gasteiger partial charge >= 0.3 is 0 Å². The number of aromatic hydroxyl groups is 1. The SMILES string of the molecule is CCc1cc2c(cc1Cl)sc1cc(O)ccc12. The van der Waals surface area contributed by atoms with Crippen LogP contribution in [0.5, 0.6) is 5.75 Å². The summed E-state index contributed by atoms with van der Waals surface area (Å²) in [7, 11) is 0. The van der Waals surface area contributed by atoms with Gasteiger partial charge in [-0.2, -0.15) is 0 Å². The quantitative estimate of drug-likeness (QED) is 0.656. The molecule has 1 heterocycles. The van der Waals surface area contributed by atoms with Crippen molar-refractivity contribution in [2.24, 2.45) is 0 Å². The summed E-state index contributed by atoms with van der Waals surface area (Å²) < 4.78 is 2.28. The maximum atomic E-state index is 9.49. The van der Waals surface area contributed by atoms with E-state index in [1.165, 1.54) is 21.0 Å². The van der Waals surface area contributed by atoms with Crippen LogP contribution in [0.3, 0.4) is 0 Å². The van der Waals surface area contributed by atoms with Crippen molar-refractivity contribution in [1.82, 2.24) is 0 Å². The molecule has 0 unspecified atom stereocenters. The first-order valence-electron chi connectivity index (χ1n) is 5.52. The number of phenolic OH excluding ortho intramolecular Hbond substituents is 1. The molecule has 0 atom stereocenters. The van der Waals surface area contributed by atoms with Crippen LogP contribution in [0.25, 0.3) is 20.2 Å². The molecule has 0 saturated carbocycles. The van der Waals surface area contributed by atoms with Crippen LogP contribution in [-0.2, 0) is 6.42 Å². The maximum absolute atomic E-state index is 9.49. The van der Waals surface area contributed by atoms with E-state index in [2.05, 4.69) is 13.0 Å². The average Bonchev–Trinajstić information content (AvgIpc) is 2.63. The van der Waals surface area contributed by atoms with E-state index in [4.69, 9.17) is 11.6 Å². The maximum Gasteiger partial charge on any atom is 0.117 e. The molecule has 3 heteroatoms. The molecule has 0 aliphatic rings. The van der Waals surface area contributed by atoms with Gasteiger partial charge in [-0.05, 0) is 42.3 Å². The van der Waals surface area contributed by atoms with Gasteiger partial charge in [0.1, 0.15) is 5.75 Å². The lowest BCUT2D eigenvalue weighted by Gasteiger charge is -2.01. The Morgan fingerprint density at radius 3 is 2.65 bits per heavy atom. The minimum atomic E-state index is 0.311. The van der Waals surface area contributed by atoms with Gasteiger partial charge in [0.2, 0.25) is 0 Å². The van der Waals surface area contributed by atoms with Gasteiger partial charge in [0.25, 0.3) is 0 Å². The fourth-order valence-electron chi connectivity index (χ4n) is 2.10. The third-order valence-electron chi connectivity index (χ3n) is 3.00. The van der Waals surface area contributed by atoms with E-state index in [1.807, 2.05) is 12.1 Å². The topological polar surface area (TPSA) is 20.2 Å². The van der Waals surface area contributed by atoms with Gasteiger partial charge in [0.15, 0.2) is 0 Å². The van der Waals surface area contributed by atoms with Crippen molar-refractivity contribution in [2.45, 2.75) is 13.3 Å². The smallest absolute Gasteiger partial charge is 0.117 e. The van der Waals surface area contributed by atoms with E-state index in [1.54, 1.807) is 23.5 Å². The molecule has 0 saturated heterocycles. The zero-order valence-corrected chi connectivity index (χ0v) is 10.9. The number of benzene rings is 2. The Bertz CT molecular complexity index is 715. The zero-order valence-electron chi connectivity index (χ0n) is 9.33. The van der Waals surface area contributed by atoms with Crippen molar-refractivity contribution >= 4 is 43.1 Å². The zero-order chi connectivity index (χ0) is 12.0. The van der Waals surface area contributed by atoms with Crippen LogP contribution in [0, 0.1) is 0 Å². The molecule has 0 amide bonds. The number of aryl methyl sites for hydroxylation is 1. The summed E-state index contributed by atoms with van der Waals surface area (Å²) >= 11 is 7.88. The van der Waals surface area contributed by atoms with Gasteiger partial charge in [-0.15, -0.1) is 11.3 Å². The standard InChI is InChI=1S/C14H11ClOS/c1-2-8-5-11-10-4-3-9(16)6-13(10)17-14(11)7-12(8)15/h3-7,16H,2H2,1H3.